The zero-order valence-electron chi connectivity index (χ0n) is 15.7. The third-order valence-corrected chi connectivity index (χ3v) is 6.42. The predicted octanol–water partition coefficient (Wildman–Crippen LogP) is 1.58. The lowest BCUT2D eigenvalue weighted by atomic mass is 10.2. The zero-order valence-corrected chi connectivity index (χ0v) is 17.4. The van der Waals surface area contributed by atoms with Crippen molar-refractivity contribution in [3.8, 4) is 0 Å². The lowest BCUT2D eigenvalue weighted by molar-refractivity contribution is -0.121. The second-order valence-corrected chi connectivity index (χ2v) is 8.65. The Morgan fingerprint density at radius 3 is 2.48 bits per heavy atom. The van der Waals surface area contributed by atoms with E-state index in [1.807, 2.05) is 0 Å². The quantitative estimate of drug-likeness (QED) is 0.595. The number of amides is 1. The maximum atomic E-state index is 12.5. The van der Waals surface area contributed by atoms with E-state index in [0.717, 1.165) is 19.4 Å². The molecule has 1 aromatic rings. The molecule has 2 rings (SSSR count). The number of nitrogens with zero attached hydrogens (tertiary/aromatic N) is 1. The normalized spacial score (nSPS) is 16.8. The molecule has 0 aliphatic carbocycles. The van der Waals surface area contributed by atoms with Crippen LogP contribution in [0.5, 0.6) is 0 Å². The lowest BCUT2D eigenvalue weighted by Gasteiger charge is -2.17. The second kappa shape index (κ2) is 10.8. The number of sulfonamides is 1. The van der Waals surface area contributed by atoms with Crippen LogP contribution in [0, 0.1) is 0 Å². The molecule has 1 amide bonds. The van der Waals surface area contributed by atoms with Gasteiger partial charge in [-0.2, -0.15) is 0 Å². The van der Waals surface area contributed by atoms with E-state index in [9.17, 15) is 18.0 Å². The number of carbonyl (C=O) groups is 2. The highest BCUT2D eigenvalue weighted by molar-refractivity contribution is 7.89. The van der Waals surface area contributed by atoms with E-state index in [-0.39, 0.29) is 42.0 Å². The minimum absolute atomic E-state index is 0. The third-order valence-electron chi connectivity index (χ3n) is 4.55. The fourth-order valence-electron chi connectivity index (χ4n) is 2.88. The van der Waals surface area contributed by atoms with Gasteiger partial charge in [-0.1, -0.05) is 12.1 Å². The van der Waals surface area contributed by atoms with Crippen LogP contribution in [0.15, 0.2) is 29.2 Å². The van der Waals surface area contributed by atoms with E-state index in [2.05, 4.69) is 10.6 Å². The van der Waals surface area contributed by atoms with E-state index in [1.165, 1.54) is 42.5 Å². The van der Waals surface area contributed by atoms with Crippen LogP contribution in [0.1, 0.15) is 43.0 Å². The van der Waals surface area contributed by atoms with Crippen molar-refractivity contribution >= 4 is 34.1 Å². The minimum atomic E-state index is -3.62. The maximum absolute atomic E-state index is 12.5. The number of halogens is 1. The number of benzene rings is 1. The van der Waals surface area contributed by atoms with Crippen molar-refractivity contribution < 1.29 is 18.0 Å². The number of ketones is 1. The molecule has 1 aliphatic rings. The van der Waals surface area contributed by atoms with Gasteiger partial charge in [-0.3, -0.25) is 9.59 Å². The first-order chi connectivity index (χ1) is 12.3. The smallest absolute Gasteiger partial charge is 0.242 e. The summed E-state index contributed by atoms with van der Waals surface area (Å²) in [5.41, 5.74) is 0.472. The number of rotatable bonds is 9. The summed E-state index contributed by atoms with van der Waals surface area (Å²) in [6.07, 6.45) is 2.95. The Hall–Kier alpha value is -1.48. The van der Waals surface area contributed by atoms with Gasteiger partial charge in [-0.15, -0.1) is 12.4 Å². The van der Waals surface area contributed by atoms with Crippen molar-refractivity contribution in [1.29, 1.82) is 0 Å². The molecule has 1 saturated heterocycles. The molecule has 0 bridgehead atoms. The molecule has 7 nitrogen and oxygen atoms in total. The van der Waals surface area contributed by atoms with Crippen LogP contribution in [0.25, 0.3) is 0 Å². The molecule has 1 heterocycles. The fraction of sp³-hybridized carbons (Fsp3) is 0.556. The molecule has 0 saturated carbocycles. The van der Waals surface area contributed by atoms with Gasteiger partial charge in [0.1, 0.15) is 0 Å². The maximum Gasteiger partial charge on any atom is 0.242 e. The van der Waals surface area contributed by atoms with Crippen molar-refractivity contribution in [3.63, 3.8) is 0 Å². The number of carbonyl (C=O) groups excluding carboxylic acids is 2. The first-order valence-electron chi connectivity index (χ1n) is 8.88. The molecule has 1 aliphatic heterocycles. The lowest BCUT2D eigenvalue weighted by Crippen LogP contribution is -2.37. The van der Waals surface area contributed by atoms with E-state index in [1.54, 1.807) is 0 Å². The molecule has 27 heavy (non-hydrogen) atoms. The van der Waals surface area contributed by atoms with Gasteiger partial charge in [0, 0.05) is 38.2 Å². The molecule has 0 aromatic heterocycles. The number of nitrogens with one attached hydrogen (secondary N) is 2. The largest absolute Gasteiger partial charge is 0.355 e. The van der Waals surface area contributed by atoms with E-state index in [4.69, 9.17) is 0 Å². The Labute approximate surface area is 167 Å². The molecule has 1 fully saturated rings. The van der Waals surface area contributed by atoms with Crippen LogP contribution in [0.2, 0.25) is 0 Å². The van der Waals surface area contributed by atoms with Gasteiger partial charge < -0.3 is 10.6 Å². The molecule has 1 aromatic carbocycles. The summed E-state index contributed by atoms with van der Waals surface area (Å²) in [5, 5.41) is 6.20. The summed E-state index contributed by atoms with van der Waals surface area (Å²) in [6.45, 7) is 3.31. The van der Waals surface area contributed by atoms with Crippen molar-refractivity contribution in [2.75, 3.05) is 26.7 Å². The molecule has 2 N–H and O–H groups in total. The molecule has 1 atom stereocenters. The molecular formula is C18H28ClN3O4S. The topological polar surface area (TPSA) is 95.6 Å². The Morgan fingerprint density at radius 1 is 1.26 bits per heavy atom. The van der Waals surface area contributed by atoms with Gasteiger partial charge in [0.15, 0.2) is 5.78 Å². The van der Waals surface area contributed by atoms with Gasteiger partial charge in [0.2, 0.25) is 15.9 Å². The van der Waals surface area contributed by atoms with Crippen LogP contribution >= 0.6 is 12.4 Å². The Morgan fingerprint density at radius 2 is 1.93 bits per heavy atom. The third kappa shape index (κ3) is 6.88. The average molecular weight is 418 g/mol. The Kier molecular flexibility index (Phi) is 9.38. The summed E-state index contributed by atoms with van der Waals surface area (Å²) in [5.74, 6) is -0.170. The van der Waals surface area contributed by atoms with Gasteiger partial charge in [0.05, 0.1) is 4.90 Å². The highest BCUT2D eigenvalue weighted by Gasteiger charge is 2.21. The summed E-state index contributed by atoms with van der Waals surface area (Å²) in [6, 6.07) is 6.23. The molecule has 9 heteroatoms. The van der Waals surface area contributed by atoms with Gasteiger partial charge in [-0.05, 0) is 44.9 Å². The monoisotopic (exact) mass is 417 g/mol. The van der Waals surface area contributed by atoms with E-state index >= 15 is 0 Å². The highest BCUT2D eigenvalue weighted by Crippen LogP contribution is 2.16. The summed E-state index contributed by atoms with van der Waals surface area (Å²) >= 11 is 0. The van der Waals surface area contributed by atoms with E-state index < -0.39 is 10.0 Å². The van der Waals surface area contributed by atoms with Crippen LogP contribution in [0.3, 0.4) is 0 Å². The Bertz CT molecular complexity index is 731. The van der Waals surface area contributed by atoms with E-state index in [0.29, 0.717) is 24.6 Å². The van der Waals surface area contributed by atoms with Crippen molar-refractivity contribution in [1.82, 2.24) is 14.9 Å². The van der Waals surface area contributed by atoms with Crippen LogP contribution in [0.4, 0.5) is 0 Å². The second-order valence-electron chi connectivity index (χ2n) is 6.61. The average Bonchev–Trinajstić information content (AvgIpc) is 3.13. The molecule has 0 spiro atoms. The summed E-state index contributed by atoms with van der Waals surface area (Å²) < 4.78 is 26.3. The predicted molar refractivity (Wildman–Crippen MR) is 107 cm³/mol. The van der Waals surface area contributed by atoms with Gasteiger partial charge in [-0.25, -0.2) is 12.7 Å². The minimum Gasteiger partial charge on any atom is -0.355 e. The zero-order chi connectivity index (χ0) is 19.2. The molecular weight excluding hydrogens is 390 g/mol. The van der Waals surface area contributed by atoms with Crippen molar-refractivity contribution in [3.05, 3.63) is 29.8 Å². The number of Topliss-reactive ketones (excluding diaryl/α,β-unsaturated/α-hetero) is 1. The van der Waals surface area contributed by atoms with Gasteiger partial charge in [0.25, 0.3) is 0 Å². The first kappa shape index (κ1) is 23.6. The summed E-state index contributed by atoms with van der Waals surface area (Å²) in [4.78, 5) is 23.3. The summed E-state index contributed by atoms with van der Waals surface area (Å²) in [7, 11) is -2.13. The standard InChI is InChI=1S/C18H27N3O4S.ClH/c1-14(22)15-7-9-17(10-8-15)26(24,25)21(2)12-4-6-18(23)20-13-16-5-3-11-19-16;/h7-10,16,19H,3-6,11-13H2,1-2H3,(H,20,23);1H. The van der Waals surface area contributed by atoms with Crippen molar-refractivity contribution in [2.24, 2.45) is 0 Å². The number of hydrogen-bond acceptors (Lipinski definition) is 5. The highest BCUT2D eigenvalue weighted by atomic mass is 35.5. The fourth-order valence-corrected chi connectivity index (χ4v) is 4.09. The molecule has 0 radical (unpaired) electrons. The van der Waals surface area contributed by atoms with Crippen LogP contribution in [-0.4, -0.2) is 57.1 Å². The van der Waals surface area contributed by atoms with Gasteiger partial charge >= 0.3 is 0 Å². The SMILES string of the molecule is CC(=O)c1ccc(S(=O)(=O)N(C)CCCC(=O)NCC2CCCN2)cc1.Cl. The van der Waals surface area contributed by atoms with Crippen molar-refractivity contribution in [2.45, 2.75) is 43.5 Å². The Balaban J connectivity index is 0.00000364. The van der Waals surface area contributed by atoms with Crippen LogP contribution < -0.4 is 10.6 Å². The molecule has 1 unspecified atom stereocenters. The first-order valence-corrected chi connectivity index (χ1v) is 10.3. The number of hydrogen-bond donors (Lipinski definition) is 2. The molecule has 152 valence electrons. The van der Waals surface area contributed by atoms with Crippen LogP contribution in [-0.2, 0) is 14.8 Å².